The van der Waals surface area contributed by atoms with Crippen molar-refractivity contribution in [2.45, 2.75) is 19.9 Å². The highest BCUT2D eigenvalue weighted by atomic mass is 16.4. The second kappa shape index (κ2) is 3.65. The summed E-state index contributed by atoms with van der Waals surface area (Å²) in [7, 11) is 0. The lowest BCUT2D eigenvalue weighted by Crippen LogP contribution is -2.11. The van der Waals surface area contributed by atoms with E-state index in [0.29, 0.717) is 5.65 Å². The molecule has 0 aliphatic heterocycles. The molecule has 2 heterocycles. The number of hydrogen-bond acceptors (Lipinski definition) is 3. The van der Waals surface area contributed by atoms with Crippen molar-refractivity contribution in [3.05, 3.63) is 28.2 Å². The summed E-state index contributed by atoms with van der Waals surface area (Å²) in [5.74, 6) is -1.13. The molecule has 0 amide bonds. The van der Waals surface area contributed by atoms with E-state index in [9.17, 15) is 9.59 Å². The average molecular weight is 235 g/mol. The molecule has 0 bridgehead atoms. The maximum Gasteiger partial charge on any atom is 0.338 e. The van der Waals surface area contributed by atoms with E-state index >= 15 is 0 Å². The van der Waals surface area contributed by atoms with Gasteiger partial charge in [-0.05, 0) is 13.8 Å². The fourth-order valence-corrected chi connectivity index (χ4v) is 1.83. The lowest BCUT2D eigenvalue weighted by molar-refractivity contribution is 0.0698. The number of fused-ring (bicyclic) bond motifs is 1. The van der Waals surface area contributed by atoms with E-state index in [-0.39, 0.29) is 22.7 Å². The maximum absolute atomic E-state index is 11.9. The van der Waals surface area contributed by atoms with Gasteiger partial charge in [-0.3, -0.25) is 4.79 Å². The van der Waals surface area contributed by atoms with Crippen molar-refractivity contribution in [1.82, 2.24) is 9.55 Å². The van der Waals surface area contributed by atoms with Gasteiger partial charge in [-0.1, -0.05) is 0 Å². The van der Waals surface area contributed by atoms with Crippen LogP contribution in [0, 0.1) is 0 Å². The first-order chi connectivity index (χ1) is 7.93. The van der Waals surface area contributed by atoms with Gasteiger partial charge in [0.1, 0.15) is 5.65 Å². The van der Waals surface area contributed by atoms with Crippen LogP contribution in [-0.2, 0) is 0 Å². The second-order valence-electron chi connectivity index (χ2n) is 4.15. The summed E-state index contributed by atoms with van der Waals surface area (Å²) in [6.45, 7) is 3.81. The summed E-state index contributed by atoms with van der Waals surface area (Å²) in [5.41, 5.74) is 5.52. The third-order valence-electron chi connectivity index (χ3n) is 2.67. The minimum Gasteiger partial charge on any atom is -0.478 e. The number of pyridine rings is 1. The number of nitrogens with two attached hydrogens (primary N) is 1. The standard InChI is InChI=1S/C11H13N3O3/c1-5(2)14-4-6(11(16)17)8-9(15)7(12)3-13-10(8)14/h3-5H,12H2,1-2H3,(H,13,15)(H,16,17). The van der Waals surface area contributed by atoms with E-state index in [1.165, 1.54) is 12.4 Å². The molecule has 0 aliphatic carbocycles. The number of nitrogens with one attached hydrogen (secondary N) is 1. The molecule has 6 heteroatoms. The van der Waals surface area contributed by atoms with Crippen molar-refractivity contribution in [3.63, 3.8) is 0 Å². The molecule has 2 aromatic heterocycles. The van der Waals surface area contributed by atoms with Crippen LogP contribution >= 0.6 is 0 Å². The van der Waals surface area contributed by atoms with Crippen molar-refractivity contribution < 1.29 is 9.90 Å². The Morgan fingerprint density at radius 2 is 2.18 bits per heavy atom. The van der Waals surface area contributed by atoms with Crippen LogP contribution in [-0.4, -0.2) is 20.6 Å². The van der Waals surface area contributed by atoms with Crippen LogP contribution in [0.4, 0.5) is 5.69 Å². The van der Waals surface area contributed by atoms with Crippen molar-refractivity contribution in [1.29, 1.82) is 0 Å². The van der Waals surface area contributed by atoms with Crippen LogP contribution in [0.25, 0.3) is 11.0 Å². The molecule has 17 heavy (non-hydrogen) atoms. The number of aromatic amines is 1. The zero-order chi connectivity index (χ0) is 12.7. The lowest BCUT2D eigenvalue weighted by atomic mass is 10.2. The summed E-state index contributed by atoms with van der Waals surface area (Å²) >= 11 is 0. The molecule has 6 nitrogen and oxygen atoms in total. The zero-order valence-corrected chi connectivity index (χ0v) is 9.52. The topological polar surface area (TPSA) is 101 Å². The molecule has 0 saturated heterocycles. The van der Waals surface area contributed by atoms with Crippen LogP contribution in [0.3, 0.4) is 0 Å². The van der Waals surface area contributed by atoms with Gasteiger partial charge in [0.15, 0.2) is 0 Å². The van der Waals surface area contributed by atoms with Crippen LogP contribution < -0.4 is 11.2 Å². The number of carboxylic acid groups (broad SMARTS) is 1. The predicted octanol–water partition coefficient (Wildman–Crippen LogP) is 1.19. The van der Waals surface area contributed by atoms with Gasteiger partial charge in [0.05, 0.1) is 16.6 Å². The van der Waals surface area contributed by atoms with Gasteiger partial charge >= 0.3 is 5.97 Å². The van der Waals surface area contributed by atoms with Gasteiger partial charge in [0.2, 0.25) is 5.43 Å². The van der Waals surface area contributed by atoms with Crippen LogP contribution in [0.15, 0.2) is 17.2 Å². The van der Waals surface area contributed by atoms with Crippen molar-refractivity contribution in [3.8, 4) is 0 Å². The Labute approximate surface area is 96.7 Å². The van der Waals surface area contributed by atoms with Gasteiger partial charge < -0.3 is 20.4 Å². The second-order valence-corrected chi connectivity index (χ2v) is 4.15. The van der Waals surface area contributed by atoms with E-state index in [2.05, 4.69) is 4.98 Å². The highest BCUT2D eigenvalue weighted by Gasteiger charge is 2.19. The van der Waals surface area contributed by atoms with E-state index < -0.39 is 11.4 Å². The number of carboxylic acids is 1. The first-order valence-corrected chi connectivity index (χ1v) is 5.18. The third kappa shape index (κ3) is 1.57. The number of aromatic nitrogens is 2. The summed E-state index contributed by atoms with van der Waals surface area (Å²) < 4.78 is 1.71. The summed E-state index contributed by atoms with van der Waals surface area (Å²) in [6.07, 6.45) is 2.84. The first-order valence-electron chi connectivity index (χ1n) is 5.18. The van der Waals surface area contributed by atoms with E-state index in [0.717, 1.165) is 0 Å². The smallest absolute Gasteiger partial charge is 0.338 e. The molecule has 0 aromatic carbocycles. The Kier molecular flexibility index (Phi) is 2.42. The van der Waals surface area contributed by atoms with E-state index in [4.69, 9.17) is 10.8 Å². The molecular formula is C11H13N3O3. The van der Waals surface area contributed by atoms with Crippen molar-refractivity contribution in [2.75, 3.05) is 5.73 Å². The molecule has 0 atom stereocenters. The first kappa shape index (κ1) is 11.3. The van der Waals surface area contributed by atoms with Crippen LogP contribution in [0.2, 0.25) is 0 Å². The monoisotopic (exact) mass is 235 g/mol. The van der Waals surface area contributed by atoms with Gasteiger partial charge in [0, 0.05) is 18.4 Å². The zero-order valence-electron chi connectivity index (χ0n) is 9.52. The third-order valence-corrected chi connectivity index (χ3v) is 2.67. The molecule has 90 valence electrons. The largest absolute Gasteiger partial charge is 0.478 e. The number of nitrogen functional groups attached to an aromatic ring is 1. The molecule has 4 N–H and O–H groups in total. The van der Waals surface area contributed by atoms with Crippen LogP contribution in [0.1, 0.15) is 30.2 Å². The predicted molar refractivity (Wildman–Crippen MR) is 64.3 cm³/mol. The number of carbonyl (C=O) groups is 1. The minimum absolute atomic E-state index is 0.0153. The molecule has 0 fully saturated rings. The highest BCUT2D eigenvalue weighted by molar-refractivity contribution is 6.03. The number of H-pyrrole nitrogens is 1. The van der Waals surface area contributed by atoms with E-state index in [1.807, 2.05) is 13.8 Å². The SMILES string of the molecule is CC(C)n1cc(C(=O)O)c2c(=O)c(N)c[nH]c21. The van der Waals surface area contributed by atoms with Gasteiger partial charge in [-0.25, -0.2) is 4.79 Å². The minimum atomic E-state index is -1.13. The molecule has 0 radical (unpaired) electrons. The fraction of sp³-hybridized carbons (Fsp3) is 0.273. The number of anilines is 1. The molecule has 2 rings (SSSR count). The molecule has 2 aromatic rings. The van der Waals surface area contributed by atoms with Gasteiger partial charge in [-0.2, -0.15) is 0 Å². The Morgan fingerprint density at radius 3 is 2.71 bits per heavy atom. The Bertz CT molecular complexity index is 652. The fourth-order valence-electron chi connectivity index (χ4n) is 1.83. The number of rotatable bonds is 2. The number of aromatic carboxylic acids is 1. The Hall–Kier alpha value is -2.24. The van der Waals surface area contributed by atoms with Gasteiger partial charge in [0.25, 0.3) is 0 Å². The maximum atomic E-state index is 11.9. The Balaban J connectivity index is 2.97. The van der Waals surface area contributed by atoms with Crippen molar-refractivity contribution in [2.24, 2.45) is 0 Å². The summed E-state index contributed by atoms with van der Waals surface area (Å²) in [4.78, 5) is 25.8. The normalized spacial score (nSPS) is 11.2. The number of hydrogen-bond donors (Lipinski definition) is 3. The highest BCUT2D eigenvalue weighted by Crippen LogP contribution is 2.21. The van der Waals surface area contributed by atoms with Crippen LogP contribution in [0.5, 0.6) is 0 Å². The molecule has 0 aliphatic rings. The molecule has 0 saturated carbocycles. The summed E-state index contributed by atoms with van der Waals surface area (Å²) in [6, 6.07) is 0.0462. The van der Waals surface area contributed by atoms with Gasteiger partial charge in [-0.15, -0.1) is 0 Å². The van der Waals surface area contributed by atoms with E-state index in [1.54, 1.807) is 4.57 Å². The van der Waals surface area contributed by atoms with Crippen molar-refractivity contribution >= 4 is 22.7 Å². The lowest BCUT2D eigenvalue weighted by Gasteiger charge is -2.08. The number of nitrogens with zero attached hydrogens (tertiary/aromatic N) is 1. The quantitative estimate of drug-likeness (QED) is 0.727. The molecule has 0 spiro atoms. The Morgan fingerprint density at radius 1 is 1.53 bits per heavy atom. The molecule has 0 unspecified atom stereocenters. The average Bonchev–Trinajstić information content (AvgIpc) is 2.63. The molecular weight excluding hydrogens is 222 g/mol. The summed E-state index contributed by atoms with van der Waals surface area (Å²) in [5, 5.41) is 9.22.